The van der Waals surface area contributed by atoms with E-state index in [0.717, 1.165) is 10.9 Å². The van der Waals surface area contributed by atoms with Crippen LogP contribution in [0.4, 0.5) is 15.9 Å². The molecule has 1 aromatic heterocycles. The van der Waals surface area contributed by atoms with Crippen LogP contribution in [0.3, 0.4) is 0 Å². The molecular weight excluding hydrogens is 257 g/mol. The summed E-state index contributed by atoms with van der Waals surface area (Å²) >= 11 is 0. The molecule has 0 aliphatic heterocycles. The van der Waals surface area contributed by atoms with Gasteiger partial charge in [-0.25, -0.2) is 14.4 Å². The number of halogens is 1. The maximum Gasteiger partial charge on any atom is 0.166 e. The summed E-state index contributed by atoms with van der Waals surface area (Å²) in [5, 5.41) is 13.1. The van der Waals surface area contributed by atoms with Crippen LogP contribution < -0.4 is 5.32 Å². The molecular formula is C15H12FN3O. The van der Waals surface area contributed by atoms with Gasteiger partial charge in [0.1, 0.15) is 11.6 Å². The van der Waals surface area contributed by atoms with Gasteiger partial charge in [-0.05, 0) is 31.2 Å². The molecule has 2 aromatic carbocycles. The molecule has 1 heterocycles. The topological polar surface area (TPSA) is 58.0 Å². The first-order valence-corrected chi connectivity index (χ1v) is 6.12. The van der Waals surface area contributed by atoms with Gasteiger partial charge in [0.05, 0.1) is 5.52 Å². The zero-order chi connectivity index (χ0) is 14.1. The van der Waals surface area contributed by atoms with Crippen molar-refractivity contribution in [2.75, 3.05) is 5.32 Å². The third-order valence-corrected chi connectivity index (χ3v) is 2.93. The molecule has 0 spiro atoms. The van der Waals surface area contributed by atoms with Gasteiger partial charge in [-0.2, -0.15) is 0 Å². The number of nitrogens with zero attached hydrogens (tertiary/aromatic N) is 2. The molecule has 0 unspecified atom stereocenters. The maximum atomic E-state index is 13.4. The van der Waals surface area contributed by atoms with E-state index in [-0.39, 0.29) is 5.75 Å². The van der Waals surface area contributed by atoms with Crippen LogP contribution in [-0.4, -0.2) is 15.1 Å². The molecule has 5 heteroatoms. The zero-order valence-corrected chi connectivity index (χ0v) is 10.8. The lowest BCUT2D eigenvalue weighted by atomic mass is 10.2. The molecule has 2 N–H and O–H groups in total. The van der Waals surface area contributed by atoms with Crippen LogP contribution in [0.5, 0.6) is 5.75 Å². The van der Waals surface area contributed by atoms with Crippen molar-refractivity contribution in [3.05, 3.63) is 54.1 Å². The van der Waals surface area contributed by atoms with E-state index in [0.29, 0.717) is 17.3 Å². The van der Waals surface area contributed by atoms with Gasteiger partial charge in [-0.3, -0.25) is 0 Å². The Morgan fingerprint density at radius 2 is 1.90 bits per heavy atom. The predicted octanol–water partition coefficient (Wildman–Crippen LogP) is 3.53. The van der Waals surface area contributed by atoms with Gasteiger partial charge in [-0.1, -0.05) is 12.1 Å². The fourth-order valence-corrected chi connectivity index (χ4v) is 2.01. The second-order valence-electron chi connectivity index (χ2n) is 4.43. The number of anilines is 2. The van der Waals surface area contributed by atoms with Crippen molar-refractivity contribution in [1.82, 2.24) is 9.97 Å². The Hall–Kier alpha value is -2.69. The summed E-state index contributed by atoms with van der Waals surface area (Å²) in [7, 11) is 0. The smallest absolute Gasteiger partial charge is 0.166 e. The fourth-order valence-electron chi connectivity index (χ4n) is 2.01. The van der Waals surface area contributed by atoms with Crippen molar-refractivity contribution >= 4 is 22.4 Å². The molecule has 0 saturated heterocycles. The molecule has 0 saturated carbocycles. The van der Waals surface area contributed by atoms with Gasteiger partial charge in [0.15, 0.2) is 11.6 Å². The predicted molar refractivity (Wildman–Crippen MR) is 75.6 cm³/mol. The van der Waals surface area contributed by atoms with Crippen molar-refractivity contribution in [2.45, 2.75) is 6.92 Å². The zero-order valence-electron chi connectivity index (χ0n) is 10.8. The van der Waals surface area contributed by atoms with E-state index in [1.165, 1.54) is 12.1 Å². The molecule has 0 fully saturated rings. The lowest BCUT2D eigenvalue weighted by Gasteiger charge is -2.10. The van der Waals surface area contributed by atoms with Crippen molar-refractivity contribution in [2.24, 2.45) is 0 Å². The molecule has 100 valence electrons. The van der Waals surface area contributed by atoms with Crippen molar-refractivity contribution in [1.29, 1.82) is 0 Å². The molecule has 4 nitrogen and oxygen atoms in total. The van der Waals surface area contributed by atoms with Gasteiger partial charge < -0.3 is 10.4 Å². The second-order valence-corrected chi connectivity index (χ2v) is 4.43. The van der Waals surface area contributed by atoms with Crippen molar-refractivity contribution < 1.29 is 9.50 Å². The molecule has 0 radical (unpaired) electrons. The summed E-state index contributed by atoms with van der Waals surface area (Å²) in [6.45, 7) is 1.80. The first-order valence-electron chi connectivity index (χ1n) is 6.12. The Morgan fingerprint density at radius 1 is 1.10 bits per heavy atom. The van der Waals surface area contributed by atoms with E-state index in [1.807, 2.05) is 24.3 Å². The van der Waals surface area contributed by atoms with E-state index in [4.69, 9.17) is 0 Å². The van der Waals surface area contributed by atoms with Crippen LogP contribution in [0.2, 0.25) is 0 Å². The minimum atomic E-state index is -0.676. The number of para-hydroxylation sites is 1. The van der Waals surface area contributed by atoms with Crippen molar-refractivity contribution in [3.63, 3.8) is 0 Å². The fraction of sp³-hybridized carbons (Fsp3) is 0.0667. The monoisotopic (exact) mass is 269 g/mol. The molecule has 3 rings (SSSR count). The molecule has 0 aliphatic carbocycles. The Labute approximate surface area is 114 Å². The normalized spacial score (nSPS) is 10.7. The number of rotatable bonds is 2. The number of aromatic nitrogens is 2. The van der Waals surface area contributed by atoms with Crippen LogP contribution in [-0.2, 0) is 0 Å². The average molecular weight is 269 g/mol. The number of fused-ring (bicyclic) bond motifs is 1. The maximum absolute atomic E-state index is 13.4. The van der Waals surface area contributed by atoms with E-state index in [1.54, 1.807) is 13.0 Å². The first-order chi connectivity index (χ1) is 9.63. The molecule has 0 atom stereocenters. The molecule has 20 heavy (non-hydrogen) atoms. The summed E-state index contributed by atoms with van der Waals surface area (Å²) in [5.41, 5.74) is 1.34. The summed E-state index contributed by atoms with van der Waals surface area (Å²) in [6.07, 6.45) is 0. The lowest BCUT2D eigenvalue weighted by molar-refractivity contribution is 0.432. The van der Waals surface area contributed by atoms with Gasteiger partial charge in [-0.15, -0.1) is 0 Å². The summed E-state index contributed by atoms with van der Waals surface area (Å²) < 4.78 is 13.4. The van der Waals surface area contributed by atoms with E-state index in [9.17, 15) is 9.50 Å². The summed E-state index contributed by atoms with van der Waals surface area (Å²) in [4.78, 5) is 8.69. The van der Waals surface area contributed by atoms with Crippen LogP contribution in [0, 0.1) is 12.7 Å². The average Bonchev–Trinajstić information content (AvgIpc) is 2.43. The highest BCUT2D eigenvalue weighted by atomic mass is 19.1. The van der Waals surface area contributed by atoms with Gasteiger partial charge in [0.25, 0.3) is 0 Å². The SMILES string of the molecule is Cc1nc(Nc2ccc(O)c(F)c2)c2ccccc2n1. The van der Waals surface area contributed by atoms with Crippen molar-refractivity contribution in [3.8, 4) is 5.75 Å². The Balaban J connectivity index is 2.07. The van der Waals surface area contributed by atoms with Crippen LogP contribution in [0.1, 0.15) is 5.82 Å². The first kappa shape index (κ1) is 12.3. The number of phenols is 1. The number of hydrogen-bond acceptors (Lipinski definition) is 4. The number of benzene rings is 2. The van der Waals surface area contributed by atoms with E-state index >= 15 is 0 Å². The number of hydrogen-bond donors (Lipinski definition) is 2. The highest BCUT2D eigenvalue weighted by Crippen LogP contribution is 2.26. The molecule has 0 amide bonds. The number of aryl methyl sites for hydroxylation is 1. The minimum Gasteiger partial charge on any atom is -0.505 e. The van der Waals surface area contributed by atoms with Gasteiger partial charge in [0.2, 0.25) is 0 Å². The molecule has 3 aromatic rings. The third-order valence-electron chi connectivity index (χ3n) is 2.93. The Bertz CT molecular complexity index is 789. The Kier molecular flexibility index (Phi) is 2.95. The number of aromatic hydroxyl groups is 1. The Morgan fingerprint density at radius 3 is 2.70 bits per heavy atom. The van der Waals surface area contributed by atoms with Gasteiger partial charge >= 0.3 is 0 Å². The van der Waals surface area contributed by atoms with Crippen LogP contribution in [0.15, 0.2) is 42.5 Å². The largest absolute Gasteiger partial charge is 0.505 e. The summed E-state index contributed by atoms with van der Waals surface area (Å²) in [6, 6.07) is 11.7. The minimum absolute atomic E-state index is 0.376. The molecule has 0 bridgehead atoms. The van der Waals surface area contributed by atoms with Crippen LogP contribution >= 0.6 is 0 Å². The van der Waals surface area contributed by atoms with Gasteiger partial charge in [0, 0.05) is 17.1 Å². The van der Waals surface area contributed by atoms with E-state index < -0.39 is 5.82 Å². The second kappa shape index (κ2) is 4.77. The quantitative estimate of drug-likeness (QED) is 0.699. The standard InChI is InChI=1S/C15H12FN3O/c1-9-17-13-5-3-2-4-11(13)15(18-9)19-10-6-7-14(20)12(16)8-10/h2-8,20H,1H3,(H,17,18,19). The lowest BCUT2D eigenvalue weighted by Crippen LogP contribution is -1.99. The number of phenolic OH excluding ortho intramolecular Hbond substituents is 1. The molecule has 0 aliphatic rings. The third kappa shape index (κ3) is 2.25. The highest BCUT2D eigenvalue weighted by molar-refractivity contribution is 5.90. The highest BCUT2D eigenvalue weighted by Gasteiger charge is 2.07. The van der Waals surface area contributed by atoms with E-state index in [2.05, 4.69) is 15.3 Å². The van der Waals surface area contributed by atoms with Crippen LogP contribution in [0.25, 0.3) is 10.9 Å². The summed E-state index contributed by atoms with van der Waals surface area (Å²) in [5.74, 6) is 0.188. The number of nitrogens with one attached hydrogen (secondary N) is 1.